The summed E-state index contributed by atoms with van der Waals surface area (Å²) < 4.78 is 10.6. The van der Waals surface area contributed by atoms with Gasteiger partial charge in [0.1, 0.15) is 18.2 Å². The molecule has 3 amide bonds. The zero-order valence-electron chi connectivity index (χ0n) is 19.5. The number of benzene rings is 1. The van der Waals surface area contributed by atoms with Gasteiger partial charge >= 0.3 is 12.2 Å². The van der Waals surface area contributed by atoms with E-state index in [9.17, 15) is 14.4 Å². The van der Waals surface area contributed by atoms with Gasteiger partial charge in [-0.15, -0.1) is 0 Å². The molecular formula is C24H35N3O5. The van der Waals surface area contributed by atoms with E-state index in [1.165, 1.54) is 0 Å². The van der Waals surface area contributed by atoms with E-state index in [4.69, 9.17) is 9.47 Å². The van der Waals surface area contributed by atoms with Crippen molar-refractivity contribution in [3.8, 4) is 0 Å². The van der Waals surface area contributed by atoms with E-state index in [0.29, 0.717) is 38.0 Å². The first-order valence-electron chi connectivity index (χ1n) is 11.4. The fraction of sp³-hybridized carbons (Fsp3) is 0.625. The first-order chi connectivity index (χ1) is 15.1. The molecular weight excluding hydrogens is 410 g/mol. The summed E-state index contributed by atoms with van der Waals surface area (Å²) in [6.07, 6.45) is 1.08. The summed E-state index contributed by atoms with van der Waals surface area (Å²) in [5.74, 6) is 0.621. The minimum atomic E-state index is -0.656. The molecule has 0 saturated carbocycles. The quantitative estimate of drug-likeness (QED) is 0.750. The Bertz CT molecular complexity index is 802. The van der Waals surface area contributed by atoms with Crippen molar-refractivity contribution < 1.29 is 23.9 Å². The van der Waals surface area contributed by atoms with E-state index < -0.39 is 17.7 Å². The number of likely N-dealkylation sites (tertiary alicyclic amines) is 2. The van der Waals surface area contributed by atoms with Crippen molar-refractivity contribution in [1.29, 1.82) is 0 Å². The van der Waals surface area contributed by atoms with Crippen LogP contribution in [0.1, 0.15) is 46.1 Å². The number of hydrogen-bond donors (Lipinski definition) is 1. The monoisotopic (exact) mass is 445 g/mol. The highest BCUT2D eigenvalue weighted by Gasteiger charge is 2.40. The lowest BCUT2D eigenvalue weighted by Gasteiger charge is -2.46. The smallest absolute Gasteiger partial charge is 0.410 e. The van der Waals surface area contributed by atoms with Crippen LogP contribution in [0, 0.1) is 11.8 Å². The standard InChI is InChI=1S/C24H35N3O5/c1-17(25-22(29)31-16-18-9-6-5-7-10-18)21(28)26-12-8-11-19(13-26)20-14-27(15-20)23(30)32-24(2,3)4/h5-7,9-10,17,19-20H,8,11-16H2,1-4H3,(H,25,29)/t17?,19-/m0/s1. The van der Waals surface area contributed by atoms with E-state index in [0.717, 1.165) is 18.4 Å². The number of alkyl carbamates (subject to hydrolysis) is 1. The first-order valence-corrected chi connectivity index (χ1v) is 11.4. The number of ether oxygens (including phenoxy) is 2. The maximum Gasteiger partial charge on any atom is 0.410 e. The molecule has 2 aliphatic heterocycles. The predicted molar refractivity (Wildman–Crippen MR) is 120 cm³/mol. The molecule has 3 rings (SSSR count). The van der Waals surface area contributed by atoms with Crippen molar-refractivity contribution in [3.05, 3.63) is 35.9 Å². The highest BCUT2D eigenvalue weighted by molar-refractivity contribution is 5.85. The van der Waals surface area contributed by atoms with Crippen LogP contribution in [-0.2, 0) is 20.9 Å². The Hall–Kier alpha value is -2.77. The molecule has 0 bridgehead atoms. The molecule has 2 saturated heterocycles. The van der Waals surface area contributed by atoms with Crippen molar-refractivity contribution in [3.63, 3.8) is 0 Å². The molecule has 176 valence electrons. The Kier molecular flexibility index (Phi) is 7.64. The summed E-state index contributed by atoms with van der Waals surface area (Å²) in [6.45, 7) is 10.1. The third-order valence-electron chi connectivity index (χ3n) is 5.92. The van der Waals surface area contributed by atoms with Gasteiger partial charge in [0.2, 0.25) is 5.91 Å². The summed E-state index contributed by atoms with van der Waals surface area (Å²) in [6, 6.07) is 8.75. The zero-order valence-corrected chi connectivity index (χ0v) is 19.5. The SMILES string of the molecule is CC(NC(=O)OCc1ccccc1)C(=O)N1CCC[C@H](C2CN(C(=O)OC(C)(C)C)C2)C1. The molecule has 2 atom stereocenters. The number of carbonyl (C=O) groups excluding carboxylic acids is 3. The average Bonchev–Trinajstić information content (AvgIpc) is 2.70. The lowest BCUT2D eigenvalue weighted by Crippen LogP contribution is -2.57. The Labute approximate surface area is 190 Å². The van der Waals surface area contributed by atoms with Crippen molar-refractivity contribution >= 4 is 18.1 Å². The average molecular weight is 446 g/mol. The van der Waals surface area contributed by atoms with Crippen LogP contribution in [0.3, 0.4) is 0 Å². The Morgan fingerprint density at radius 1 is 1.06 bits per heavy atom. The number of piperidine rings is 1. The van der Waals surface area contributed by atoms with Crippen LogP contribution < -0.4 is 5.32 Å². The zero-order chi connectivity index (χ0) is 23.3. The molecule has 32 heavy (non-hydrogen) atoms. The van der Waals surface area contributed by atoms with Gasteiger partial charge in [-0.2, -0.15) is 0 Å². The van der Waals surface area contributed by atoms with Crippen LogP contribution >= 0.6 is 0 Å². The molecule has 1 unspecified atom stereocenters. The van der Waals surface area contributed by atoms with Gasteiger partial charge in [0.15, 0.2) is 0 Å². The van der Waals surface area contributed by atoms with E-state index >= 15 is 0 Å². The van der Waals surface area contributed by atoms with Crippen LogP contribution in [0.5, 0.6) is 0 Å². The van der Waals surface area contributed by atoms with Gasteiger partial charge in [0.25, 0.3) is 0 Å². The topological polar surface area (TPSA) is 88.2 Å². The van der Waals surface area contributed by atoms with E-state index in [-0.39, 0.29) is 18.6 Å². The maximum atomic E-state index is 12.9. The third-order valence-corrected chi connectivity index (χ3v) is 5.92. The molecule has 2 fully saturated rings. The summed E-state index contributed by atoms with van der Waals surface area (Å²) >= 11 is 0. The van der Waals surface area contributed by atoms with Gasteiger partial charge in [0, 0.05) is 26.2 Å². The third kappa shape index (κ3) is 6.61. The maximum absolute atomic E-state index is 12.9. The van der Waals surface area contributed by atoms with Gasteiger partial charge in [0.05, 0.1) is 0 Å². The molecule has 2 heterocycles. The molecule has 1 N–H and O–H groups in total. The van der Waals surface area contributed by atoms with Crippen molar-refractivity contribution in [1.82, 2.24) is 15.1 Å². The number of nitrogens with zero attached hydrogens (tertiary/aromatic N) is 2. The van der Waals surface area contributed by atoms with Gasteiger partial charge in [-0.05, 0) is 57.9 Å². The normalized spacial score (nSPS) is 20.2. The predicted octanol–water partition coefficient (Wildman–Crippen LogP) is 3.41. The number of nitrogens with one attached hydrogen (secondary N) is 1. The highest BCUT2D eigenvalue weighted by atomic mass is 16.6. The van der Waals surface area contributed by atoms with E-state index in [1.54, 1.807) is 11.8 Å². The van der Waals surface area contributed by atoms with E-state index in [2.05, 4.69) is 5.32 Å². The highest BCUT2D eigenvalue weighted by Crippen LogP contribution is 2.32. The summed E-state index contributed by atoms with van der Waals surface area (Å²) in [5.41, 5.74) is 0.392. The van der Waals surface area contributed by atoms with Crippen LogP contribution in [0.2, 0.25) is 0 Å². The molecule has 0 spiro atoms. The van der Waals surface area contributed by atoms with E-state index in [1.807, 2.05) is 56.0 Å². The number of carbonyl (C=O) groups is 3. The fourth-order valence-corrected chi connectivity index (χ4v) is 4.16. The number of hydrogen-bond acceptors (Lipinski definition) is 5. The fourth-order valence-electron chi connectivity index (χ4n) is 4.16. The lowest BCUT2D eigenvalue weighted by molar-refractivity contribution is -0.135. The number of amides is 3. The Morgan fingerprint density at radius 2 is 1.72 bits per heavy atom. The summed E-state index contributed by atoms with van der Waals surface area (Å²) in [4.78, 5) is 40.7. The molecule has 8 heteroatoms. The second-order valence-electron chi connectivity index (χ2n) is 9.76. The molecule has 0 radical (unpaired) electrons. The molecule has 1 aromatic rings. The second-order valence-corrected chi connectivity index (χ2v) is 9.76. The van der Waals surface area contributed by atoms with Crippen LogP contribution in [0.25, 0.3) is 0 Å². The van der Waals surface area contributed by atoms with Gasteiger partial charge < -0.3 is 24.6 Å². The Balaban J connectivity index is 1.42. The van der Waals surface area contributed by atoms with Gasteiger partial charge in [-0.3, -0.25) is 4.79 Å². The van der Waals surface area contributed by atoms with Gasteiger partial charge in [-0.1, -0.05) is 30.3 Å². The minimum absolute atomic E-state index is 0.102. The van der Waals surface area contributed by atoms with Crippen molar-refractivity contribution in [2.24, 2.45) is 11.8 Å². The van der Waals surface area contributed by atoms with Crippen LogP contribution in [-0.4, -0.2) is 65.7 Å². The molecule has 0 aliphatic carbocycles. The van der Waals surface area contributed by atoms with Gasteiger partial charge in [-0.25, -0.2) is 9.59 Å². The molecule has 2 aliphatic rings. The molecule has 1 aromatic carbocycles. The summed E-state index contributed by atoms with van der Waals surface area (Å²) in [5, 5.41) is 2.64. The molecule has 0 aromatic heterocycles. The number of rotatable bonds is 5. The molecule has 8 nitrogen and oxygen atoms in total. The summed E-state index contributed by atoms with van der Waals surface area (Å²) in [7, 11) is 0. The lowest BCUT2D eigenvalue weighted by atomic mass is 9.80. The second kappa shape index (κ2) is 10.2. The van der Waals surface area contributed by atoms with Crippen LogP contribution in [0.4, 0.5) is 9.59 Å². The minimum Gasteiger partial charge on any atom is -0.445 e. The van der Waals surface area contributed by atoms with Crippen molar-refractivity contribution in [2.75, 3.05) is 26.2 Å². The van der Waals surface area contributed by atoms with Crippen LogP contribution in [0.15, 0.2) is 30.3 Å². The van der Waals surface area contributed by atoms with Crippen molar-refractivity contribution in [2.45, 2.75) is 58.8 Å². The first kappa shape index (κ1) is 23.9. The Morgan fingerprint density at radius 3 is 2.38 bits per heavy atom. The largest absolute Gasteiger partial charge is 0.445 e.